The van der Waals surface area contributed by atoms with Crippen molar-refractivity contribution in [3.05, 3.63) is 11.4 Å². The third-order valence-corrected chi connectivity index (χ3v) is 4.64. The summed E-state index contributed by atoms with van der Waals surface area (Å²) < 4.78 is 23.3. The average molecular weight is 336 g/mol. The first-order chi connectivity index (χ1) is 9.82. The molecule has 0 saturated heterocycles. The lowest BCUT2D eigenvalue weighted by atomic mass is 10.2. The molecule has 0 atom stereocenters. The monoisotopic (exact) mass is 335 g/mol. The second-order valence-corrected chi connectivity index (χ2v) is 7.47. The summed E-state index contributed by atoms with van der Waals surface area (Å²) in [6, 6.07) is 0. The Morgan fingerprint density at radius 1 is 1.24 bits per heavy atom. The smallest absolute Gasteiger partial charge is 0.275 e. The van der Waals surface area contributed by atoms with Crippen molar-refractivity contribution in [3.8, 4) is 0 Å². The summed E-state index contributed by atoms with van der Waals surface area (Å²) in [6.45, 7) is 6.78. The van der Waals surface area contributed by atoms with E-state index in [0.717, 1.165) is 25.7 Å². The Morgan fingerprint density at radius 2 is 1.76 bits per heavy atom. The van der Waals surface area contributed by atoms with Gasteiger partial charge in [-0.1, -0.05) is 26.7 Å². The highest BCUT2D eigenvalue weighted by Gasteiger charge is 2.29. The lowest BCUT2D eigenvalue weighted by Crippen LogP contribution is -2.34. The van der Waals surface area contributed by atoms with Crippen LogP contribution in [0, 0.1) is 6.92 Å². The van der Waals surface area contributed by atoms with Crippen molar-refractivity contribution >= 4 is 25.6 Å². The van der Waals surface area contributed by atoms with Crippen LogP contribution in [0.4, 0.5) is 0 Å². The van der Waals surface area contributed by atoms with Crippen LogP contribution in [0.15, 0.2) is 4.90 Å². The molecule has 0 unspecified atom stereocenters. The van der Waals surface area contributed by atoms with Crippen molar-refractivity contribution in [2.45, 2.75) is 51.3 Å². The maximum atomic E-state index is 12.6. The molecule has 0 spiro atoms. The third-order valence-electron chi connectivity index (χ3n) is 3.19. The molecule has 0 bridgehead atoms. The summed E-state index contributed by atoms with van der Waals surface area (Å²) in [5.74, 6) is -0.388. The Kier molecular flexibility index (Phi) is 6.67. The predicted molar refractivity (Wildman–Crippen MR) is 82.1 cm³/mol. The van der Waals surface area contributed by atoms with E-state index in [0.29, 0.717) is 13.1 Å². The van der Waals surface area contributed by atoms with Crippen LogP contribution in [0.2, 0.25) is 0 Å². The molecule has 6 nitrogen and oxygen atoms in total. The zero-order valence-corrected chi connectivity index (χ0v) is 14.2. The average Bonchev–Trinajstić information content (AvgIpc) is 2.80. The Labute approximate surface area is 130 Å². The maximum absolute atomic E-state index is 12.6. The Hall–Kier alpha value is -1.08. The molecule has 0 aromatic carbocycles. The van der Waals surface area contributed by atoms with Crippen molar-refractivity contribution in [3.63, 3.8) is 0 Å². The number of nitrogens with one attached hydrogen (secondary N) is 1. The van der Waals surface area contributed by atoms with Crippen molar-refractivity contribution in [1.29, 1.82) is 0 Å². The standard InChI is InChI=1S/C13H22ClN3O3S/c1-4-6-8-17(9-7-5-2)13(18)11-12(21(14,19)20)10(3)15-16-11/h4-9H2,1-3H3,(H,15,16). The third kappa shape index (κ3) is 4.71. The number of unbranched alkanes of at least 4 members (excludes halogenated alkanes) is 2. The fourth-order valence-corrected chi connectivity index (χ4v) is 3.37. The SMILES string of the molecule is CCCCN(CCCC)C(=O)c1n[nH]c(C)c1S(=O)(=O)Cl. The molecule has 0 aliphatic heterocycles. The van der Waals surface area contributed by atoms with Crippen molar-refractivity contribution in [2.24, 2.45) is 0 Å². The number of amides is 1. The molecule has 1 amide bonds. The number of hydrogen-bond donors (Lipinski definition) is 1. The van der Waals surface area contributed by atoms with Crippen LogP contribution in [0.5, 0.6) is 0 Å². The molecule has 120 valence electrons. The molecule has 1 rings (SSSR count). The molecule has 1 aromatic heterocycles. The fraction of sp³-hybridized carbons (Fsp3) is 0.692. The molecule has 1 heterocycles. The number of aromatic amines is 1. The van der Waals surface area contributed by atoms with Gasteiger partial charge < -0.3 is 4.90 Å². The van der Waals surface area contributed by atoms with E-state index >= 15 is 0 Å². The molecule has 1 N–H and O–H groups in total. The van der Waals surface area contributed by atoms with Crippen LogP contribution in [0.1, 0.15) is 55.7 Å². The van der Waals surface area contributed by atoms with Crippen molar-refractivity contribution in [1.82, 2.24) is 15.1 Å². The number of nitrogens with zero attached hydrogens (tertiary/aromatic N) is 2. The molecule has 0 saturated carbocycles. The van der Waals surface area contributed by atoms with Gasteiger partial charge in [0.05, 0.1) is 5.69 Å². The van der Waals surface area contributed by atoms with Crippen LogP contribution in [0.3, 0.4) is 0 Å². The van der Waals surface area contributed by atoms with Crippen LogP contribution < -0.4 is 0 Å². The minimum absolute atomic E-state index is 0.116. The Bertz CT molecular complexity index is 575. The summed E-state index contributed by atoms with van der Waals surface area (Å²) in [5.41, 5.74) is 0.161. The number of aryl methyl sites for hydroxylation is 1. The minimum Gasteiger partial charge on any atom is -0.337 e. The highest BCUT2D eigenvalue weighted by atomic mass is 35.7. The van der Waals surface area contributed by atoms with Gasteiger partial charge in [-0.2, -0.15) is 5.10 Å². The van der Waals surface area contributed by atoms with Crippen molar-refractivity contribution < 1.29 is 13.2 Å². The number of H-pyrrole nitrogens is 1. The maximum Gasteiger partial charge on any atom is 0.275 e. The van der Waals surface area contributed by atoms with E-state index in [1.165, 1.54) is 6.92 Å². The van der Waals surface area contributed by atoms with Crippen LogP contribution in [-0.4, -0.2) is 42.5 Å². The molecule has 0 aliphatic rings. The lowest BCUT2D eigenvalue weighted by molar-refractivity contribution is 0.0741. The highest BCUT2D eigenvalue weighted by Crippen LogP contribution is 2.23. The molecule has 0 aliphatic carbocycles. The van der Waals surface area contributed by atoms with Gasteiger partial charge in [0.15, 0.2) is 5.69 Å². The number of rotatable bonds is 8. The molecule has 0 radical (unpaired) electrons. The van der Waals surface area contributed by atoms with Gasteiger partial charge in [-0.15, -0.1) is 0 Å². The first-order valence-electron chi connectivity index (χ1n) is 7.11. The molecular weight excluding hydrogens is 314 g/mol. The van der Waals surface area contributed by atoms with Crippen LogP contribution in [-0.2, 0) is 9.05 Å². The summed E-state index contributed by atoms with van der Waals surface area (Å²) in [7, 11) is 1.40. The highest BCUT2D eigenvalue weighted by molar-refractivity contribution is 8.13. The topological polar surface area (TPSA) is 83.1 Å². The second-order valence-electron chi connectivity index (χ2n) is 4.96. The number of hydrogen-bond acceptors (Lipinski definition) is 4. The number of carbonyl (C=O) groups is 1. The van der Waals surface area contributed by atoms with Gasteiger partial charge in [-0.25, -0.2) is 8.42 Å². The van der Waals surface area contributed by atoms with Gasteiger partial charge in [0.25, 0.3) is 15.0 Å². The summed E-state index contributed by atoms with van der Waals surface area (Å²) in [5, 5.41) is 6.37. The van der Waals surface area contributed by atoms with Gasteiger partial charge in [0, 0.05) is 23.8 Å². The Balaban J connectivity index is 3.09. The summed E-state index contributed by atoms with van der Waals surface area (Å²) >= 11 is 0. The molecule has 21 heavy (non-hydrogen) atoms. The zero-order chi connectivity index (χ0) is 16.0. The van der Waals surface area contributed by atoms with Gasteiger partial charge in [0.1, 0.15) is 4.90 Å². The van der Waals surface area contributed by atoms with E-state index in [9.17, 15) is 13.2 Å². The Morgan fingerprint density at radius 3 is 2.19 bits per heavy atom. The fourth-order valence-electron chi connectivity index (χ4n) is 2.02. The van der Waals surface area contributed by atoms with E-state index in [1.807, 2.05) is 13.8 Å². The first kappa shape index (κ1) is 18.0. The van der Waals surface area contributed by atoms with Gasteiger partial charge in [-0.05, 0) is 19.8 Å². The summed E-state index contributed by atoms with van der Waals surface area (Å²) in [4.78, 5) is 14.0. The zero-order valence-electron chi connectivity index (χ0n) is 12.6. The van der Waals surface area contributed by atoms with Crippen LogP contribution in [0.25, 0.3) is 0 Å². The van der Waals surface area contributed by atoms with E-state index in [4.69, 9.17) is 10.7 Å². The van der Waals surface area contributed by atoms with E-state index in [1.54, 1.807) is 4.90 Å². The normalized spacial score (nSPS) is 11.6. The molecule has 8 heteroatoms. The lowest BCUT2D eigenvalue weighted by Gasteiger charge is -2.21. The van der Waals surface area contributed by atoms with E-state index < -0.39 is 9.05 Å². The number of carbonyl (C=O) groups excluding carboxylic acids is 1. The molecule has 1 aromatic rings. The van der Waals surface area contributed by atoms with Crippen molar-refractivity contribution in [2.75, 3.05) is 13.1 Å². The van der Waals surface area contributed by atoms with E-state index in [2.05, 4.69) is 10.2 Å². The van der Waals surface area contributed by atoms with Gasteiger partial charge >= 0.3 is 0 Å². The van der Waals surface area contributed by atoms with E-state index in [-0.39, 0.29) is 22.2 Å². The number of halogens is 1. The molecular formula is C13H22ClN3O3S. The molecule has 0 fully saturated rings. The predicted octanol–water partition coefficient (Wildman–Crippen LogP) is 2.69. The van der Waals surface area contributed by atoms with Gasteiger partial charge in [-0.3, -0.25) is 9.89 Å². The second kappa shape index (κ2) is 7.79. The quantitative estimate of drug-likeness (QED) is 0.740. The van der Waals surface area contributed by atoms with Crippen LogP contribution >= 0.6 is 10.7 Å². The summed E-state index contributed by atoms with van der Waals surface area (Å²) in [6.07, 6.45) is 3.63. The van der Waals surface area contributed by atoms with Gasteiger partial charge in [0.2, 0.25) is 0 Å². The minimum atomic E-state index is -4.01. The first-order valence-corrected chi connectivity index (χ1v) is 9.42. The number of aromatic nitrogens is 2. The largest absolute Gasteiger partial charge is 0.337 e.